The van der Waals surface area contributed by atoms with Gasteiger partial charge in [-0.05, 0) is 25.1 Å². The van der Waals surface area contributed by atoms with Crippen molar-refractivity contribution in [3.8, 4) is 0 Å². The molecule has 0 heterocycles. The summed E-state index contributed by atoms with van der Waals surface area (Å²) in [6, 6.07) is 4.96. The van der Waals surface area contributed by atoms with Crippen molar-refractivity contribution in [3.05, 3.63) is 34.6 Å². The quantitative estimate of drug-likeness (QED) is 0.792. The van der Waals surface area contributed by atoms with E-state index in [1.165, 1.54) is 6.07 Å². The molecule has 1 unspecified atom stereocenters. The molecular formula is C10H13ClFN. The molecule has 0 saturated heterocycles. The molecule has 0 radical (unpaired) electrons. The van der Waals surface area contributed by atoms with Crippen LogP contribution in [0.1, 0.15) is 25.5 Å². The zero-order valence-corrected chi connectivity index (χ0v) is 8.53. The maximum Gasteiger partial charge on any atom is 0.142 e. The van der Waals surface area contributed by atoms with Crippen LogP contribution < -0.4 is 5.32 Å². The van der Waals surface area contributed by atoms with Crippen LogP contribution >= 0.6 is 11.6 Å². The first-order chi connectivity index (χ1) is 6.16. The van der Waals surface area contributed by atoms with Gasteiger partial charge in [0.1, 0.15) is 5.82 Å². The second-order valence-corrected chi connectivity index (χ2v) is 3.30. The van der Waals surface area contributed by atoms with Crippen molar-refractivity contribution in [3.63, 3.8) is 0 Å². The van der Waals surface area contributed by atoms with Gasteiger partial charge in [0.15, 0.2) is 0 Å². The summed E-state index contributed by atoms with van der Waals surface area (Å²) in [5.41, 5.74) is 0.809. The topological polar surface area (TPSA) is 12.0 Å². The van der Waals surface area contributed by atoms with E-state index in [0.717, 1.165) is 12.1 Å². The Hall–Kier alpha value is -0.600. The molecule has 1 nitrogen and oxygen atoms in total. The normalized spacial score (nSPS) is 12.9. The summed E-state index contributed by atoms with van der Waals surface area (Å²) >= 11 is 5.81. The number of rotatable bonds is 3. The van der Waals surface area contributed by atoms with E-state index in [4.69, 9.17) is 11.6 Å². The first kappa shape index (κ1) is 10.5. The van der Waals surface area contributed by atoms with Gasteiger partial charge in [0.25, 0.3) is 0 Å². The minimum Gasteiger partial charge on any atom is -0.310 e. The van der Waals surface area contributed by atoms with E-state index in [9.17, 15) is 4.39 Å². The fourth-order valence-corrected chi connectivity index (χ4v) is 1.56. The van der Waals surface area contributed by atoms with Crippen molar-refractivity contribution in [1.29, 1.82) is 0 Å². The molecule has 0 spiro atoms. The molecule has 0 amide bonds. The van der Waals surface area contributed by atoms with Gasteiger partial charge in [-0.15, -0.1) is 0 Å². The summed E-state index contributed by atoms with van der Waals surface area (Å²) in [4.78, 5) is 0. The van der Waals surface area contributed by atoms with Crippen LogP contribution in [0.5, 0.6) is 0 Å². The summed E-state index contributed by atoms with van der Waals surface area (Å²) in [5.74, 6) is -0.357. The molecule has 0 aliphatic heterocycles. The van der Waals surface area contributed by atoms with E-state index >= 15 is 0 Å². The van der Waals surface area contributed by atoms with Gasteiger partial charge in [0.2, 0.25) is 0 Å². The van der Waals surface area contributed by atoms with Gasteiger partial charge >= 0.3 is 0 Å². The first-order valence-electron chi connectivity index (χ1n) is 4.34. The lowest BCUT2D eigenvalue weighted by Gasteiger charge is -2.14. The molecule has 0 fully saturated rings. The number of benzene rings is 1. The maximum atomic E-state index is 13.0. The molecule has 1 atom stereocenters. The Morgan fingerprint density at radius 2 is 2.23 bits per heavy atom. The smallest absolute Gasteiger partial charge is 0.142 e. The second kappa shape index (κ2) is 4.58. The third-order valence-corrected chi connectivity index (χ3v) is 2.36. The molecule has 1 N–H and O–H groups in total. The summed E-state index contributed by atoms with van der Waals surface area (Å²) in [6.45, 7) is 4.81. The predicted octanol–water partition coefficient (Wildman–Crippen LogP) is 3.15. The van der Waals surface area contributed by atoms with Crippen LogP contribution in [0.15, 0.2) is 18.2 Å². The van der Waals surface area contributed by atoms with E-state index in [2.05, 4.69) is 5.32 Å². The largest absolute Gasteiger partial charge is 0.310 e. The average Bonchev–Trinajstić information content (AvgIpc) is 2.10. The Balaban J connectivity index is 2.93. The van der Waals surface area contributed by atoms with E-state index in [1.54, 1.807) is 6.07 Å². The van der Waals surface area contributed by atoms with Crippen LogP contribution in [0, 0.1) is 5.82 Å². The monoisotopic (exact) mass is 201 g/mol. The summed E-state index contributed by atoms with van der Waals surface area (Å²) in [5, 5.41) is 3.40. The fraction of sp³-hybridized carbons (Fsp3) is 0.400. The van der Waals surface area contributed by atoms with Crippen molar-refractivity contribution >= 4 is 11.6 Å². The minimum atomic E-state index is -0.357. The molecule has 1 aromatic rings. The third kappa shape index (κ3) is 2.42. The van der Waals surface area contributed by atoms with Gasteiger partial charge < -0.3 is 5.32 Å². The maximum absolute atomic E-state index is 13.0. The molecule has 72 valence electrons. The highest BCUT2D eigenvalue weighted by Crippen LogP contribution is 2.24. The van der Waals surface area contributed by atoms with Gasteiger partial charge in [0.05, 0.1) is 5.02 Å². The van der Waals surface area contributed by atoms with Crippen molar-refractivity contribution in [2.75, 3.05) is 6.54 Å². The van der Waals surface area contributed by atoms with Crippen molar-refractivity contribution in [2.24, 2.45) is 0 Å². The standard InChI is InChI=1S/C10H13ClFN/c1-3-13-7(2)8-5-4-6-9(12)10(8)11/h4-7,13H,3H2,1-2H3. The summed E-state index contributed by atoms with van der Waals surface area (Å²) in [6.07, 6.45) is 0. The molecule has 0 bridgehead atoms. The minimum absolute atomic E-state index is 0.0909. The number of nitrogens with one attached hydrogen (secondary N) is 1. The molecule has 0 saturated carbocycles. The van der Waals surface area contributed by atoms with Gasteiger partial charge in [-0.1, -0.05) is 30.7 Å². The molecule has 0 aliphatic carbocycles. The molecule has 1 rings (SSSR count). The van der Waals surface area contributed by atoms with Gasteiger partial charge in [-0.2, -0.15) is 0 Å². The lowest BCUT2D eigenvalue weighted by Crippen LogP contribution is -2.18. The third-order valence-electron chi connectivity index (χ3n) is 1.96. The lowest BCUT2D eigenvalue weighted by atomic mass is 10.1. The fourth-order valence-electron chi connectivity index (χ4n) is 1.27. The Kier molecular flexibility index (Phi) is 3.70. The summed E-state index contributed by atoms with van der Waals surface area (Å²) < 4.78 is 13.0. The zero-order chi connectivity index (χ0) is 9.84. The van der Waals surface area contributed by atoms with Crippen molar-refractivity contribution in [2.45, 2.75) is 19.9 Å². The van der Waals surface area contributed by atoms with E-state index in [0.29, 0.717) is 0 Å². The molecule has 0 aliphatic rings. The Morgan fingerprint density at radius 3 is 2.85 bits per heavy atom. The van der Waals surface area contributed by atoms with E-state index in [-0.39, 0.29) is 16.9 Å². The Bertz CT molecular complexity index is 288. The highest BCUT2D eigenvalue weighted by molar-refractivity contribution is 6.31. The van der Waals surface area contributed by atoms with Gasteiger partial charge in [0, 0.05) is 6.04 Å². The molecule has 0 aromatic heterocycles. The van der Waals surface area contributed by atoms with Crippen LogP contribution in [0.2, 0.25) is 5.02 Å². The second-order valence-electron chi connectivity index (χ2n) is 2.92. The number of hydrogen-bond acceptors (Lipinski definition) is 1. The lowest BCUT2D eigenvalue weighted by molar-refractivity contribution is 0.583. The average molecular weight is 202 g/mol. The van der Waals surface area contributed by atoms with Crippen molar-refractivity contribution in [1.82, 2.24) is 5.32 Å². The number of halogens is 2. The summed E-state index contributed by atoms with van der Waals surface area (Å²) in [7, 11) is 0. The highest BCUT2D eigenvalue weighted by atomic mass is 35.5. The first-order valence-corrected chi connectivity index (χ1v) is 4.72. The van der Waals surface area contributed by atoms with Gasteiger partial charge in [-0.25, -0.2) is 4.39 Å². The Labute approximate surface area is 82.9 Å². The van der Waals surface area contributed by atoms with Crippen LogP contribution in [-0.4, -0.2) is 6.54 Å². The van der Waals surface area contributed by atoms with Crippen LogP contribution in [-0.2, 0) is 0 Å². The SMILES string of the molecule is CCNC(C)c1cccc(F)c1Cl. The van der Waals surface area contributed by atoms with Crippen molar-refractivity contribution < 1.29 is 4.39 Å². The molecule has 1 aromatic carbocycles. The highest BCUT2D eigenvalue weighted by Gasteiger charge is 2.10. The van der Waals surface area contributed by atoms with E-state index in [1.807, 2.05) is 19.9 Å². The van der Waals surface area contributed by atoms with E-state index < -0.39 is 0 Å². The van der Waals surface area contributed by atoms with Crippen LogP contribution in [0.3, 0.4) is 0 Å². The Morgan fingerprint density at radius 1 is 1.54 bits per heavy atom. The van der Waals surface area contributed by atoms with Crippen LogP contribution in [0.25, 0.3) is 0 Å². The van der Waals surface area contributed by atoms with Crippen LogP contribution in [0.4, 0.5) is 4.39 Å². The molecule has 3 heteroatoms. The van der Waals surface area contributed by atoms with Gasteiger partial charge in [-0.3, -0.25) is 0 Å². The number of hydrogen-bond donors (Lipinski definition) is 1. The molecule has 13 heavy (non-hydrogen) atoms. The predicted molar refractivity (Wildman–Crippen MR) is 53.5 cm³/mol. The molecular weight excluding hydrogens is 189 g/mol. The zero-order valence-electron chi connectivity index (χ0n) is 7.77.